The second-order valence-corrected chi connectivity index (χ2v) is 12.1. The minimum Gasteiger partial charge on any atom is -0.511 e. The van der Waals surface area contributed by atoms with E-state index in [2.05, 4.69) is 14.4 Å². The molecule has 1 saturated carbocycles. The van der Waals surface area contributed by atoms with Crippen LogP contribution in [0, 0.1) is 5.92 Å². The number of nitrogens with zero attached hydrogens (tertiary/aromatic N) is 3. The fraction of sp³-hybridized carbons (Fsp3) is 0.500. The third-order valence-electron chi connectivity index (χ3n) is 6.01. The molecule has 0 bridgehead atoms. The molecule has 0 aromatic heterocycles. The Morgan fingerprint density at radius 1 is 1.30 bits per heavy atom. The standard InChI is InChI=1S/C20H27N5O6S2/c1-24(2)9-10-25-15-6-4-5-13(15)18(26)17(20(25)27)19-21-14-8-7-12(22-32(3,28)29)11-16(14)33(30,31)23-19/h7-8,11,13,15,22,26H,4-6,9-10H2,1-3H3,(H,21,23). The van der Waals surface area contributed by atoms with Gasteiger partial charge in [-0.25, -0.2) is 8.42 Å². The maximum atomic E-state index is 13.4. The number of amidine groups is 1. The van der Waals surface area contributed by atoms with E-state index in [1.165, 1.54) is 12.1 Å². The van der Waals surface area contributed by atoms with Crippen LogP contribution in [0.1, 0.15) is 19.3 Å². The zero-order chi connectivity index (χ0) is 24.1. The van der Waals surface area contributed by atoms with Gasteiger partial charge in [0.2, 0.25) is 10.0 Å². The average molecular weight is 498 g/mol. The number of rotatable bonds is 6. The van der Waals surface area contributed by atoms with E-state index in [1.54, 1.807) is 4.90 Å². The van der Waals surface area contributed by atoms with E-state index < -0.39 is 26.0 Å². The van der Waals surface area contributed by atoms with Crippen LogP contribution >= 0.6 is 0 Å². The minimum atomic E-state index is -4.26. The van der Waals surface area contributed by atoms with Crippen molar-refractivity contribution in [1.29, 1.82) is 0 Å². The van der Waals surface area contributed by atoms with Gasteiger partial charge in [-0.3, -0.25) is 9.52 Å². The lowest BCUT2D eigenvalue weighted by Gasteiger charge is -2.39. The molecule has 4 rings (SSSR count). The highest BCUT2D eigenvalue weighted by atomic mass is 32.2. The van der Waals surface area contributed by atoms with E-state index in [0.717, 1.165) is 25.2 Å². The van der Waals surface area contributed by atoms with Crippen molar-refractivity contribution in [2.24, 2.45) is 10.3 Å². The van der Waals surface area contributed by atoms with Crippen LogP contribution in [-0.2, 0) is 24.8 Å². The SMILES string of the molecule is CN(C)CCN1C(=O)C(C2=NS(=O)(=O)c3cc(NS(C)(=O)=O)ccc3N2)=C(O)C2CCCC21. The molecule has 13 heteroatoms. The van der Waals surface area contributed by atoms with Gasteiger partial charge >= 0.3 is 0 Å². The quantitative estimate of drug-likeness (QED) is 0.526. The second-order valence-electron chi connectivity index (χ2n) is 8.79. The summed E-state index contributed by atoms with van der Waals surface area (Å²) in [6, 6.07) is 3.83. The van der Waals surface area contributed by atoms with Crippen LogP contribution in [0.2, 0.25) is 0 Å². The molecule has 1 fully saturated rings. The Morgan fingerprint density at radius 2 is 2.03 bits per heavy atom. The molecule has 0 saturated heterocycles. The van der Waals surface area contributed by atoms with E-state index in [1.807, 2.05) is 19.0 Å². The number of likely N-dealkylation sites (N-methyl/N-ethyl adjacent to an activating group) is 1. The lowest BCUT2D eigenvalue weighted by atomic mass is 9.90. The number of aliphatic hydroxyl groups excluding tert-OH is 1. The van der Waals surface area contributed by atoms with Crippen molar-refractivity contribution in [2.45, 2.75) is 30.2 Å². The number of nitrogens with one attached hydrogen (secondary N) is 2. The molecule has 3 aliphatic rings. The summed E-state index contributed by atoms with van der Waals surface area (Å²) in [6.45, 7) is 1.07. The van der Waals surface area contributed by atoms with Gasteiger partial charge in [-0.05, 0) is 45.1 Å². The van der Waals surface area contributed by atoms with Gasteiger partial charge in [0.1, 0.15) is 16.2 Å². The molecule has 2 unspecified atom stereocenters. The molecule has 2 aliphatic heterocycles. The van der Waals surface area contributed by atoms with E-state index in [9.17, 15) is 26.7 Å². The lowest BCUT2D eigenvalue weighted by molar-refractivity contribution is -0.131. The summed E-state index contributed by atoms with van der Waals surface area (Å²) in [6.07, 6.45) is 3.29. The highest BCUT2D eigenvalue weighted by Gasteiger charge is 2.46. The molecular formula is C20H27N5O6S2. The van der Waals surface area contributed by atoms with Gasteiger partial charge in [-0.2, -0.15) is 8.42 Å². The Labute approximate surface area is 193 Å². The van der Waals surface area contributed by atoms with Crippen LogP contribution in [0.4, 0.5) is 11.4 Å². The largest absolute Gasteiger partial charge is 0.511 e. The first kappa shape index (κ1) is 23.5. The average Bonchev–Trinajstić information content (AvgIpc) is 3.16. The monoisotopic (exact) mass is 497 g/mol. The number of carbonyl (C=O) groups excluding carboxylic acids is 1. The van der Waals surface area contributed by atoms with Gasteiger partial charge in [0.25, 0.3) is 15.9 Å². The molecular weight excluding hydrogens is 470 g/mol. The second kappa shape index (κ2) is 8.29. The predicted octanol–water partition coefficient (Wildman–Crippen LogP) is 0.955. The summed E-state index contributed by atoms with van der Waals surface area (Å²) in [5.74, 6) is -1.09. The molecule has 1 amide bonds. The summed E-state index contributed by atoms with van der Waals surface area (Å²) < 4.78 is 54.9. The van der Waals surface area contributed by atoms with E-state index in [-0.39, 0.29) is 45.4 Å². The first-order chi connectivity index (χ1) is 15.4. The summed E-state index contributed by atoms with van der Waals surface area (Å²) in [7, 11) is -4.07. The number of carbonyl (C=O) groups is 1. The highest BCUT2D eigenvalue weighted by molar-refractivity contribution is 7.92. The van der Waals surface area contributed by atoms with Gasteiger partial charge in [0.05, 0.1) is 11.9 Å². The van der Waals surface area contributed by atoms with Crippen molar-refractivity contribution in [3.05, 3.63) is 29.5 Å². The van der Waals surface area contributed by atoms with Gasteiger partial charge < -0.3 is 20.2 Å². The van der Waals surface area contributed by atoms with Crippen LogP contribution in [-0.4, -0.2) is 83.0 Å². The summed E-state index contributed by atoms with van der Waals surface area (Å²) in [4.78, 5) is 16.9. The Bertz CT molecular complexity index is 1270. The van der Waals surface area contributed by atoms with Gasteiger partial charge in [-0.15, -0.1) is 4.40 Å². The molecule has 2 atom stereocenters. The molecule has 0 spiro atoms. The molecule has 1 aromatic carbocycles. The summed E-state index contributed by atoms with van der Waals surface area (Å²) in [5.41, 5.74) is 0.0738. The van der Waals surface area contributed by atoms with Crippen molar-refractivity contribution in [1.82, 2.24) is 9.80 Å². The number of benzene rings is 1. The van der Waals surface area contributed by atoms with Gasteiger partial charge in [-0.1, -0.05) is 6.42 Å². The third kappa shape index (κ3) is 4.57. The predicted molar refractivity (Wildman–Crippen MR) is 124 cm³/mol. The molecule has 33 heavy (non-hydrogen) atoms. The first-order valence-corrected chi connectivity index (χ1v) is 13.8. The van der Waals surface area contributed by atoms with E-state index >= 15 is 0 Å². The molecule has 11 nitrogen and oxygen atoms in total. The van der Waals surface area contributed by atoms with E-state index in [4.69, 9.17) is 0 Å². The van der Waals surface area contributed by atoms with Crippen molar-refractivity contribution in [3.8, 4) is 0 Å². The van der Waals surface area contributed by atoms with E-state index in [0.29, 0.717) is 19.5 Å². The van der Waals surface area contributed by atoms with Crippen molar-refractivity contribution in [3.63, 3.8) is 0 Å². The fourth-order valence-electron chi connectivity index (χ4n) is 4.56. The van der Waals surface area contributed by atoms with Crippen molar-refractivity contribution < 1.29 is 26.7 Å². The third-order valence-corrected chi connectivity index (χ3v) is 7.94. The topological polar surface area (TPSA) is 148 Å². The Balaban J connectivity index is 1.73. The number of hydrogen-bond acceptors (Lipinski definition) is 8. The molecule has 0 radical (unpaired) electrons. The minimum absolute atomic E-state index is 0.0692. The molecule has 2 heterocycles. The number of hydrogen-bond donors (Lipinski definition) is 3. The Kier molecular flexibility index (Phi) is 5.91. The lowest BCUT2D eigenvalue weighted by Crippen LogP contribution is -2.52. The van der Waals surface area contributed by atoms with Crippen molar-refractivity contribution in [2.75, 3.05) is 43.5 Å². The number of anilines is 2. The van der Waals surface area contributed by atoms with Gasteiger partial charge in [0, 0.05) is 30.7 Å². The van der Waals surface area contributed by atoms with Crippen LogP contribution in [0.3, 0.4) is 0 Å². The maximum absolute atomic E-state index is 13.4. The number of aliphatic hydroxyl groups is 1. The number of sulfonamides is 2. The number of fused-ring (bicyclic) bond motifs is 2. The zero-order valence-corrected chi connectivity index (χ0v) is 20.2. The van der Waals surface area contributed by atoms with Crippen LogP contribution in [0.25, 0.3) is 0 Å². The smallest absolute Gasteiger partial charge is 0.286 e. The number of amides is 1. The van der Waals surface area contributed by atoms with Gasteiger partial charge in [0.15, 0.2) is 5.84 Å². The molecule has 1 aromatic rings. The van der Waals surface area contributed by atoms with Crippen LogP contribution in [0.5, 0.6) is 0 Å². The first-order valence-electron chi connectivity index (χ1n) is 10.5. The molecule has 3 N–H and O–H groups in total. The maximum Gasteiger partial charge on any atom is 0.286 e. The zero-order valence-electron chi connectivity index (χ0n) is 18.6. The molecule has 1 aliphatic carbocycles. The Hall–Kier alpha value is -2.64. The normalized spacial score (nSPS) is 24.3. The summed E-state index contributed by atoms with van der Waals surface area (Å²) in [5, 5.41) is 13.8. The Morgan fingerprint density at radius 3 is 2.70 bits per heavy atom. The van der Waals surface area contributed by atoms with Crippen LogP contribution < -0.4 is 10.0 Å². The van der Waals surface area contributed by atoms with Crippen molar-refractivity contribution >= 4 is 43.2 Å². The molecule has 180 valence electrons. The highest BCUT2D eigenvalue weighted by Crippen LogP contribution is 2.41. The fourth-order valence-corrected chi connectivity index (χ4v) is 6.27. The van der Waals surface area contributed by atoms with Crippen LogP contribution in [0.15, 0.2) is 38.8 Å². The summed E-state index contributed by atoms with van der Waals surface area (Å²) >= 11 is 0.